The third-order valence-electron chi connectivity index (χ3n) is 2.69. The van der Waals surface area contributed by atoms with E-state index < -0.39 is 17.7 Å². The van der Waals surface area contributed by atoms with Crippen molar-refractivity contribution in [2.45, 2.75) is 0 Å². The number of benzene rings is 1. The SMILES string of the molecule is O=C(CNC(=O)c1ccco1)NNC(=O)COc1ccccc1Cl. The number of ether oxygens (including phenoxy) is 1. The minimum absolute atomic E-state index is 0.0833. The van der Waals surface area contributed by atoms with Crippen molar-refractivity contribution in [3.8, 4) is 5.75 Å². The molecule has 0 aliphatic heterocycles. The fourth-order valence-electron chi connectivity index (χ4n) is 1.58. The lowest BCUT2D eigenvalue weighted by molar-refractivity contribution is -0.129. The van der Waals surface area contributed by atoms with Crippen LogP contribution in [0.15, 0.2) is 47.1 Å². The van der Waals surface area contributed by atoms with Gasteiger partial charge in [0, 0.05) is 0 Å². The lowest BCUT2D eigenvalue weighted by Gasteiger charge is -2.09. The standard InChI is InChI=1S/C15H14ClN3O5/c16-10-4-1-2-5-11(10)24-9-14(21)19-18-13(20)8-17-15(22)12-6-3-7-23-12/h1-7H,8-9H2,(H,17,22)(H,18,20)(H,19,21). The Kier molecular flexibility index (Phi) is 6.21. The van der Waals surface area contributed by atoms with Crippen LogP contribution >= 0.6 is 11.6 Å². The summed E-state index contributed by atoms with van der Waals surface area (Å²) in [6.45, 7) is -0.659. The van der Waals surface area contributed by atoms with Crippen molar-refractivity contribution in [1.29, 1.82) is 0 Å². The molecular weight excluding hydrogens is 338 g/mol. The summed E-state index contributed by atoms with van der Waals surface area (Å²) >= 11 is 5.87. The van der Waals surface area contributed by atoms with Gasteiger partial charge in [0.25, 0.3) is 17.7 Å². The highest BCUT2D eigenvalue weighted by Crippen LogP contribution is 2.22. The molecule has 0 atom stereocenters. The first-order chi connectivity index (χ1) is 11.6. The molecule has 2 aromatic rings. The van der Waals surface area contributed by atoms with Gasteiger partial charge in [0.2, 0.25) is 0 Å². The lowest BCUT2D eigenvalue weighted by atomic mass is 10.3. The second-order valence-corrected chi connectivity index (χ2v) is 4.88. The van der Waals surface area contributed by atoms with Crippen molar-refractivity contribution in [3.63, 3.8) is 0 Å². The quantitative estimate of drug-likeness (QED) is 0.669. The highest BCUT2D eigenvalue weighted by molar-refractivity contribution is 6.32. The maximum absolute atomic E-state index is 11.6. The molecule has 3 N–H and O–H groups in total. The van der Waals surface area contributed by atoms with Crippen LogP contribution in [0.3, 0.4) is 0 Å². The van der Waals surface area contributed by atoms with Crippen molar-refractivity contribution in [2.24, 2.45) is 0 Å². The van der Waals surface area contributed by atoms with Crippen molar-refractivity contribution in [1.82, 2.24) is 16.2 Å². The molecule has 0 radical (unpaired) electrons. The van der Waals surface area contributed by atoms with Gasteiger partial charge in [-0.05, 0) is 24.3 Å². The Labute approximate surface area is 142 Å². The van der Waals surface area contributed by atoms with Crippen molar-refractivity contribution < 1.29 is 23.5 Å². The predicted molar refractivity (Wildman–Crippen MR) is 84.3 cm³/mol. The average molecular weight is 352 g/mol. The van der Waals surface area contributed by atoms with Gasteiger partial charge in [0.1, 0.15) is 5.75 Å². The molecule has 0 saturated carbocycles. The minimum Gasteiger partial charge on any atom is -0.482 e. The third-order valence-corrected chi connectivity index (χ3v) is 3.00. The molecule has 0 spiro atoms. The molecule has 0 bridgehead atoms. The number of carbonyl (C=O) groups is 3. The summed E-state index contributed by atoms with van der Waals surface area (Å²) in [5, 5.41) is 2.70. The van der Waals surface area contributed by atoms with Crippen LogP contribution in [0.2, 0.25) is 5.02 Å². The van der Waals surface area contributed by atoms with E-state index in [2.05, 4.69) is 16.2 Å². The molecule has 2 rings (SSSR count). The summed E-state index contributed by atoms with van der Waals surface area (Å²) in [6, 6.07) is 9.68. The molecule has 0 fully saturated rings. The van der Waals surface area contributed by atoms with E-state index in [1.54, 1.807) is 30.3 Å². The van der Waals surface area contributed by atoms with Gasteiger partial charge in [0.05, 0.1) is 17.8 Å². The first-order valence-corrected chi connectivity index (χ1v) is 7.21. The molecule has 0 aliphatic rings. The van der Waals surface area contributed by atoms with Gasteiger partial charge in [-0.25, -0.2) is 0 Å². The second kappa shape index (κ2) is 8.59. The number of hydrogen-bond donors (Lipinski definition) is 3. The van der Waals surface area contributed by atoms with E-state index in [9.17, 15) is 14.4 Å². The minimum atomic E-state index is -0.610. The number of furan rings is 1. The Morgan fingerprint density at radius 3 is 2.50 bits per heavy atom. The second-order valence-electron chi connectivity index (χ2n) is 4.48. The molecule has 126 valence electrons. The fourth-order valence-corrected chi connectivity index (χ4v) is 1.77. The Bertz CT molecular complexity index is 718. The van der Waals surface area contributed by atoms with E-state index in [0.29, 0.717) is 10.8 Å². The van der Waals surface area contributed by atoms with E-state index >= 15 is 0 Å². The van der Waals surface area contributed by atoms with Crippen LogP contribution < -0.4 is 20.9 Å². The summed E-state index contributed by atoms with van der Waals surface area (Å²) in [6.07, 6.45) is 1.34. The monoisotopic (exact) mass is 351 g/mol. The van der Waals surface area contributed by atoms with E-state index in [1.807, 2.05) is 0 Å². The molecule has 3 amide bonds. The summed E-state index contributed by atoms with van der Waals surface area (Å²) in [4.78, 5) is 34.6. The van der Waals surface area contributed by atoms with E-state index in [0.717, 1.165) is 0 Å². The zero-order chi connectivity index (χ0) is 17.4. The molecule has 1 heterocycles. The molecular formula is C15H14ClN3O5. The Morgan fingerprint density at radius 1 is 1.04 bits per heavy atom. The van der Waals surface area contributed by atoms with Gasteiger partial charge in [-0.15, -0.1) is 0 Å². The van der Waals surface area contributed by atoms with Crippen LogP contribution in [0.25, 0.3) is 0 Å². The highest BCUT2D eigenvalue weighted by Gasteiger charge is 2.11. The Hall–Kier alpha value is -3.00. The number of halogens is 1. The Balaban J connectivity index is 1.65. The number of hydrazine groups is 1. The van der Waals surface area contributed by atoms with Crippen LogP contribution in [0.4, 0.5) is 0 Å². The van der Waals surface area contributed by atoms with Crippen molar-refractivity contribution >= 4 is 29.3 Å². The zero-order valence-corrected chi connectivity index (χ0v) is 13.1. The maximum atomic E-state index is 11.6. The largest absolute Gasteiger partial charge is 0.482 e. The van der Waals surface area contributed by atoms with E-state index in [4.69, 9.17) is 20.8 Å². The summed E-state index contributed by atoms with van der Waals surface area (Å²) in [7, 11) is 0. The maximum Gasteiger partial charge on any atom is 0.287 e. The molecule has 8 nitrogen and oxygen atoms in total. The van der Waals surface area contributed by atoms with Crippen LogP contribution in [-0.2, 0) is 9.59 Å². The topological polar surface area (TPSA) is 110 Å². The van der Waals surface area contributed by atoms with Gasteiger partial charge < -0.3 is 14.5 Å². The van der Waals surface area contributed by atoms with Crippen molar-refractivity contribution in [2.75, 3.05) is 13.2 Å². The summed E-state index contributed by atoms with van der Waals surface area (Å²) in [5.74, 6) is -1.29. The van der Waals surface area contributed by atoms with Gasteiger partial charge in [-0.3, -0.25) is 25.2 Å². The van der Waals surface area contributed by atoms with Gasteiger partial charge in [-0.1, -0.05) is 23.7 Å². The zero-order valence-electron chi connectivity index (χ0n) is 12.4. The van der Waals surface area contributed by atoms with Gasteiger partial charge >= 0.3 is 0 Å². The molecule has 0 aliphatic carbocycles. The first-order valence-electron chi connectivity index (χ1n) is 6.83. The van der Waals surface area contributed by atoms with E-state index in [-0.39, 0.29) is 18.9 Å². The first kappa shape index (κ1) is 17.4. The number of hydrogen-bond acceptors (Lipinski definition) is 5. The number of nitrogens with one attached hydrogen (secondary N) is 3. The molecule has 9 heteroatoms. The van der Waals surface area contributed by atoms with Gasteiger partial charge in [-0.2, -0.15) is 0 Å². The lowest BCUT2D eigenvalue weighted by Crippen LogP contribution is -2.47. The summed E-state index contributed by atoms with van der Waals surface area (Å²) < 4.78 is 10.1. The molecule has 0 saturated heterocycles. The molecule has 1 aromatic carbocycles. The predicted octanol–water partition coefficient (Wildman–Crippen LogP) is 0.889. The number of rotatable bonds is 6. The highest BCUT2D eigenvalue weighted by atomic mass is 35.5. The molecule has 1 aromatic heterocycles. The molecule has 24 heavy (non-hydrogen) atoms. The molecule has 0 unspecified atom stereocenters. The number of carbonyl (C=O) groups excluding carboxylic acids is 3. The van der Waals surface area contributed by atoms with Crippen LogP contribution in [-0.4, -0.2) is 30.9 Å². The van der Waals surface area contributed by atoms with E-state index in [1.165, 1.54) is 12.3 Å². The van der Waals surface area contributed by atoms with Crippen LogP contribution in [0, 0.1) is 0 Å². The van der Waals surface area contributed by atoms with Crippen LogP contribution in [0.5, 0.6) is 5.75 Å². The fraction of sp³-hybridized carbons (Fsp3) is 0.133. The average Bonchev–Trinajstić information content (AvgIpc) is 3.11. The normalized spacial score (nSPS) is 9.88. The smallest absolute Gasteiger partial charge is 0.287 e. The van der Waals surface area contributed by atoms with Crippen molar-refractivity contribution in [3.05, 3.63) is 53.4 Å². The van der Waals surface area contributed by atoms with Crippen LogP contribution in [0.1, 0.15) is 10.6 Å². The number of amides is 3. The van der Waals surface area contributed by atoms with Gasteiger partial charge in [0.15, 0.2) is 12.4 Å². The third kappa shape index (κ3) is 5.33. The summed E-state index contributed by atoms with van der Waals surface area (Å²) in [5.41, 5.74) is 4.29. The Morgan fingerprint density at radius 2 is 1.79 bits per heavy atom. The number of para-hydroxylation sites is 1.